The van der Waals surface area contributed by atoms with E-state index in [1.165, 1.54) is 5.56 Å². The van der Waals surface area contributed by atoms with Gasteiger partial charge in [0, 0.05) is 22.1 Å². The first-order valence-corrected chi connectivity index (χ1v) is 9.13. The maximum atomic E-state index is 10.0. The van der Waals surface area contributed by atoms with Gasteiger partial charge in [-0.3, -0.25) is 0 Å². The number of aryl methyl sites for hydroxylation is 1. The van der Waals surface area contributed by atoms with Crippen molar-refractivity contribution in [2.75, 3.05) is 11.9 Å². The lowest BCUT2D eigenvalue weighted by atomic mass is 9.99. The van der Waals surface area contributed by atoms with E-state index in [1.807, 2.05) is 5.38 Å². The van der Waals surface area contributed by atoms with Crippen molar-refractivity contribution in [3.63, 3.8) is 0 Å². The highest BCUT2D eigenvalue weighted by molar-refractivity contribution is 9.10. The van der Waals surface area contributed by atoms with E-state index in [0.717, 1.165) is 22.4 Å². The lowest BCUT2D eigenvalue weighted by Gasteiger charge is -2.21. The van der Waals surface area contributed by atoms with Crippen molar-refractivity contribution in [3.05, 3.63) is 45.9 Å². The molecule has 2 atom stereocenters. The molecule has 0 fully saturated rings. The maximum Gasteiger partial charge on any atom is 0.182 e. The minimum Gasteiger partial charge on any atom is -0.393 e. The molecular weight excluding hydrogens is 362 g/mol. The van der Waals surface area contributed by atoms with Gasteiger partial charge in [-0.15, -0.1) is 11.3 Å². The van der Waals surface area contributed by atoms with Crippen LogP contribution in [0.25, 0.3) is 0 Å². The largest absolute Gasteiger partial charge is 0.393 e. The summed E-state index contributed by atoms with van der Waals surface area (Å²) in [5.74, 6) is 0. The quantitative estimate of drug-likeness (QED) is 0.620. The van der Waals surface area contributed by atoms with E-state index in [4.69, 9.17) is 5.73 Å². The average molecular weight is 384 g/mol. The number of nitrogens with two attached hydrogens (primary N) is 1. The van der Waals surface area contributed by atoms with Crippen LogP contribution in [-0.4, -0.2) is 28.8 Å². The van der Waals surface area contributed by atoms with Crippen molar-refractivity contribution in [2.45, 2.75) is 37.8 Å². The van der Waals surface area contributed by atoms with E-state index in [9.17, 15) is 5.11 Å². The number of aliphatic hydroxyl groups excluding tert-OH is 1. The normalized spacial score (nSPS) is 13.8. The second-order valence-corrected chi connectivity index (χ2v) is 7.12. The van der Waals surface area contributed by atoms with Gasteiger partial charge in [-0.25, -0.2) is 4.98 Å². The molecular formula is C16H22BrN3OS. The standard InChI is InChI=1S/C16H22BrN3OS/c17-13-4-1-12(2-5-13)3-6-14(11-15(21)7-8-18)20-16-19-9-10-22-16/h1-2,4-5,9-10,14-15,21H,3,6-8,11,18H2,(H,19,20). The molecule has 0 saturated carbocycles. The maximum absolute atomic E-state index is 10.0. The molecule has 120 valence electrons. The van der Waals surface area contributed by atoms with Gasteiger partial charge < -0.3 is 16.2 Å². The van der Waals surface area contributed by atoms with E-state index >= 15 is 0 Å². The van der Waals surface area contributed by atoms with Gasteiger partial charge in [0.15, 0.2) is 5.13 Å². The highest BCUT2D eigenvalue weighted by Gasteiger charge is 2.15. The molecule has 0 amide bonds. The summed E-state index contributed by atoms with van der Waals surface area (Å²) in [6, 6.07) is 8.56. The number of benzene rings is 1. The number of anilines is 1. The molecule has 1 aromatic carbocycles. The highest BCUT2D eigenvalue weighted by Crippen LogP contribution is 2.19. The van der Waals surface area contributed by atoms with Crippen molar-refractivity contribution >= 4 is 32.4 Å². The fourth-order valence-corrected chi connectivity index (χ4v) is 3.22. The predicted octanol–water partition coefficient (Wildman–Crippen LogP) is 3.42. The Morgan fingerprint density at radius 2 is 2.05 bits per heavy atom. The van der Waals surface area contributed by atoms with Crippen LogP contribution in [0.3, 0.4) is 0 Å². The van der Waals surface area contributed by atoms with Crippen molar-refractivity contribution in [3.8, 4) is 0 Å². The second-order valence-electron chi connectivity index (χ2n) is 5.31. The molecule has 1 aromatic heterocycles. The zero-order valence-corrected chi connectivity index (χ0v) is 14.8. The van der Waals surface area contributed by atoms with Crippen LogP contribution in [0.5, 0.6) is 0 Å². The van der Waals surface area contributed by atoms with Crippen LogP contribution in [-0.2, 0) is 6.42 Å². The first kappa shape index (κ1) is 17.4. The molecule has 4 nitrogen and oxygen atoms in total. The van der Waals surface area contributed by atoms with Gasteiger partial charge in [-0.05, 0) is 49.9 Å². The van der Waals surface area contributed by atoms with Gasteiger partial charge in [-0.2, -0.15) is 0 Å². The Hall–Kier alpha value is -0.950. The molecule has 22 heavy (non-hydrogen) atoms. The van der Waals surface area contributed by atoms with E-state index in [0.29, 0.717) is 19.4 Å². The molecule has 0 bridgehead atoms. The third kappa shape index (κ3) is 6.04. The zero-order chi connectivity index (χ0) is 15.8. The van der Waals surface area contributed by atoms with Crippen molar-refractivity contribution in [2.24, 2.45) is 5.73 Å². The molecule has 4 N–H and O–H groups in total. The van der Waals surface area contributed by atoms with Gasteiger partial charge in [-0.1, -0.05) is 28.1 Å². The number of halogens is 1. The predicted molar refractivity (Wildman–Crippen MR) is 96.3 cm³/mol. The molecule has 0 aliphatic heterocycles. The Morgan fingerprint density at radius 3 is 2.68 bits per heavy atom. The molecule has 2 unspecified atom stereocenters. The Labute approximate surface area is 143 Å². The molecule has 1 heterocycles. The Balaban J connectivity index is 1.92. The second kappa shape index (κ2) is 9.25. The number of aliphatic hydroxyl groups is 1. The van der Waals surface area contributed by atoms with Gasteiger partial charge >= 0.3 is 0 Å². The number of nitrogens with zero attached hydrogens (tertiary/aromatic N) is 1. The lowest BCUT2D eigenvalue weighted by molar-refractivity contribution is 0.149. The van der Waals surface area contributed by atoms with Gasteiger partial charge in [0.1, 0.15) is 0 Å². The molecule has 0 aliphatic carbocycles. The van der Waals surface area contributed by atoms with Crippen LogP contribution < -0.4 is 11.1 Å². The third-order valence-corrected chi connectivity index (χ3v) is 4.74. The van der Waals surface area contributed by atoms with Gasteiger partial charge in [0.2, 0.25) is 0 Å². The summed E-state index contributed by atoms with van der Waals surface area (Å²) >= 11 is 5.03. The number of thiazole rings is 1. The summed E-state index contributed by atoms with van der Waals surface area (Å²) in [6.45, 7) is 0.512. The van der Waals surface area contributed by atoms with Crippen molar-refractivity contribution < 1.29 is 5.11 Å². The fraction of sp³-hybridized carbons (Fsp3) is 0.438. The summed E-state index contributed by atoms with van der Waals surface area (Å²) < 4.78 is 1.09. The SMILES string of the molecule is NCCC(O)CC(CCc1ccc(Br)cc1)Nc1nccs1. The minimum atomic E-state index is -0.368. The first-order valence-electron chi connectivity index (χ1n) is 7.46. The summed E-state index contributed by atoms with van der Waals surface area (Å²) in [7, 11) is 0. The van der Waals surface area contributed by atoms with E-state index in [-0.39, 0.29) is 12.1 Å². The summed E-state index contributed by atoms with van der Waals surface area (Å²) in [6.07, 6.45) is 4.65. The molecule has 6 heteroatoms. The number of rotatable bonds is 9. The average Bonchev–Trinajstić information content (AvgIpc) is 2.99. The van der Waals surface area contributed by atoms with E-state index in [1.54, 1.807) is 17.5 Å². The fourth-order valence-electron chi connectivity index (χ4n) is 2.35. The minimum absolute atomic E-state index is 0.191. The Morgan fingerprint density at radius 1 is 1.27 bits per heavy atom. The lowest BCUT2D eigenvalue weighted by Crippen LogP contribution is -2.27. The first-order chi connectivity index (χ1) is 10.7. The molecule has 0 radical (unpaired) electrons. The molecule has 2 aromatic rings. The number of aromatic nitrogens is 1. The van der Waals surface area contributed by atoms with Crippen LogP contribution >= 0.6 is 27.3 Å². The number of nitrogens with one attached hydrogen (secondary N) is 1. The molecule has 2 rings (SSSR count). The van der Waals surface area contributed by atoms with Crippen molar-refractivity contribution in [1.29, 1.82) is 0 Å². The highest BCUT2D eigenvalue weighted by atomic mass is 79.9. The summed E-state index contributed by atoms with van der Waals surface area (Å²) in [4.78, 5) is 4.27. The van der Waals surface area contributed by atoms with Crippen molar-refractivity contribution in [1.82, 2.24) is 4.98 Å². The van der Waals surface area contributed by atoms with E-state index in [2.05, 4.69) is 50.5 Å². The molecule has 0 saturated heterocycles. The number of hydrogen-bond acceptors (Lipinski definition) is 5. The molecule has 0 spiro atoms. The summed E-state index contributed by atoms with van der Waals surface area (Å²) in [5, 5.41) is 16.3. The van der Waals surface area contributed by atoms with Crippen LogP contribution in [0.2, 0.25) is 0 Å². The Bertz CT molecular complexity index is 533. The number of hydrogen-bond donors (Lipinski definition) is 3. The van der Waals surface area contributed by atoms with Crippen LogP contribution in [0.1, 0.15) is 24.8 Å². The van der Waals surface area contributed by atoms with Crippen LogP contribution in [0.4, 0.5) is 5.13 Å². The smallest absolute Gasteiger partial charge is 0.182 e. The van der Waals surface area contributed by atoms with E-state index < -0.39 is 0 Å². The topological polar surface area (TPSA) is 71.2 Å². The monoisotopic (exact) mass is 383 g/mol. The summed E-state index contributed by atoms with van der Waals surface area (Å²) in [5.41, 5.74) is 6.82. The van der Waals surface area contributed by atoms with Gasteiger partial charge in [0.05, 0.1) is 6.10 Å². The molecule has 0 aliphatic rings. The Kier molecular flexibility index (Phi) is 7.32. The van der Waals surface area contributed by atoms with Crippen LogP contribution in [0, 0.1) is 0 Å². The zero-order valence-electron chi connectivity index (χ0n) is 12.4. The third-order valence-electron chi connectivity index (χ3n) is 3.51. The van der Waals surface area contributed by atoms with Crippen LogP contribution in [0.15, 0.2) is 40.3 Å². The van der Waals surface area contributed by atoms with Gasteiger partial charge in [0.25, 0.3) is 0 Å².